The lowest BCUT2D eigenvalue weighted by Crippen LogP contribution is -2.42. The average molecular weight is 637 g/mol. The van der Waals surface area contributed by atoms with Crippen LogP contribution in [0.4, 0.5) is 0 Å². The second kappa shape index (κ2) is 18.8. The van der Waals surface area contributed by atoms with Gasteiger partial charge in [-0.2, -0.15) is 0 Å². The van der Waals surface area contributed by atoms with Gasteiger partial charge in [-0.05, 0) is 140 Å². The first-order valence-electron chi connectivity index (χ1n) is 18.8. The molecule has 5 aliphatic carbocycles. The maximum atomic E-state index is 5.89. The van der Waals surface area contributed by atoms with Gasteiger partial charge in [-0.15, -0.1) is 6.58 Å². The fourth-order valence-electron chi connectivity index (χ4n) is 8.29. The Kier molecular flexibility index (Phi) is 15.5. The zero-order valence-electron chi connectivity index (χ0n) is 31.4. The molecule has 5 atom stereocenters. The number of ether oxygens (including phenoxy) is 1. The zero-order chi connectivity index (χ0) is 34.6. The van der Waals surface area contributed by atoms with Crippen LogP contribution >= 0.6 is 0 Å². The molecule has 0 heterocycles. The van der Waals surface area contributed by atoms with Crippen LogP contribution in [0.15, 0.2) is 92.1 Å². The van der Waals surface area contributed by atoms with Gasteiger partial charge in [-0.1, -0.05) is 127 Å². The molecule has 5 unspecified atom stereocenters. The van der Waals surface area contributed by atoms with Crippen molar-refractivity contribution in [3.05, 3.63) is 114 Å². The van der Waals surface area contributed by atoms with Gasteiger partial charge in [0.25, 0.3) is 0 Å². The van der Waals surface area contributed by atoms with E-state index in [1.807, 2.05) is 13.8 Å². The molecule has 5 saturated carbocycles. The molecule has 1 heteroatoms. The summed E-state index contributed by atoms with van der Waals surface area (Å²) in [6, 6.07) is 17.6. The predicted molar refractivity (Wildman–Crippen MR) is 207 cm³/mol. The highest BCUT2D eigenvalue weighted by atomic mass is 16.5. The van der Waals surface area contributed by atoms with Crippen LogP contribution in [0.3, 0.4) is 0 Å². The smallest absolute Gasteiger partial charge is 0.0721 e. The molecule has 2 aromatic carbocycles. The second-order valence-corrected chi connectivity index (χ2v) is 15.4. The number of aryl methyl sites for hydroxylation is 2. The number of hydrogen-bond acceptors (Lipinski definition) is 1. The van der Waals surface area contributed by atoms with Crippen LogP contribution in [0.25, 0.3) is 5.57 Å². The monoisotopic (exact) mass is 637 g/mol. The van der Waals surface area contributed by atoms with Crippen molar-refractivity contribution in [3.8, 4) is 0 Å². The second-order valence-electron chi connectivity index (χ2n) is 15.4. The van der Waals surface area contributed by atoms with Crippen LogP contribution in [0.1, 0.15) is 122 Å². The van der Waals surface area contributed by atoms with Gasteiger partial charge >= 0.3 is 0 Å². The van der Waals surface area contributed by atoms with Crippen LogP contribution < -0.4 is 0 Å². The Morgan fingerprint density at radius 1 is 0.830 bits per heavy atom. The molecule has 5 fully saturated rings. The molecular formula is C46H68O. The first-order chi connectivity index (χ1) is 22.5. The summed E-state index contributed by atoms with van der Waals surface area (Å²) in [6.45, 7) is 32.6. The Morgan fingerprint density at radius 2 is 1.38 bits per heavy atom. The molecule has 7 rings (SSSR count). The lowest BCUT2D eigenvalue weighted by molar-refractivity contribution is -0.00149. The number of hydrogen-bond donors (Lipinski definition) is 0. The molecule has 47 heavy (non-hydrogen) atoms. The topological polar surface area (TPSA) is 9.23 Å². The normalized spacial score (nSPS) is 27.6. The van der Waals surface area contributed by atoms with Gasteiger partial charge in [0.15, 0.2) is 0 Å². The minimum atomic E-state index is 0.572. The predicted octanol–water partition coefficient (Wildman–Crippen LogP) is 13.3. The molecule has 1 nitrogen and oxygen atoms in total. The van der Waals surface area contributed by atoms with Crippen LogP contribution in [0, 0.1) is 40.9 Å². The van der Waals surface area contributed by atoms with E-state index >= 15 is 0 Å². The number of benzene rings is 2. The minimum absolute atomic E-state index is 0.572. The molecule has 5 aliphatic rings. The third kappa shape index (κ3) is 10.9. The molecule has 0 saturated heterocycles. The molecule has 0 aliphatic heterocycles. The van der Waals surface area contributed by atoms with Crippen molar-refractivity contribution in [1.29, 1.82) is 0 Å². The van der Waals surface area contributed by atoms with Gasteiger partial charge < -0.3 is 4.74 Å². The van der Waals surface area contributed by atoms with E-state index in [1.165, 1.54) is 85.6 Å². The van der Waals surface area contributed by atoms with E-state index in [2.05, 4.69) is 109 Å². The molecule has 258 valence electrons. The number of fused-ring (bicyclic) bond motifs is 3. The Hall–Kier alpha value is -2.64. The SMILES string of the molecule is C=C(C)c1ccc(COCC(=C)C2CC3CC(C2)C3C)cc1.C=C(CCc1ccc(CC)cc1)C12CC(C)CC1C2.C=CC.CCC. The maximum absolute atomic E-state index is 5.89. The van der Waals surface area contributed by atoms with Crippen LogP contribution in [-0.4, -0.2) is 6.61 Å². The van der Waals surface area contributed by atoms with Crippen molar-refractivity contribution in [2.75, 3.05) is 6.61 Å². The first-order valence-corrected chi connectivity index (χ1v) is 18.8. The van der Waals surface area contributed by atoms with Crippen molar-refractivity contribution >= 4 is 5.57 Å². The summed E-state index contributed by atoms with van der Waals surface area (Å²) in [7, 11) is 0. The summed E-state index contributed by atoms with van der Waals surface area (Å²) in [5.41, 5.74) is 9.85. The van der Waals surface area contributed by atoms with Crippen LogP contribution in [0.5, 0.6) is 0 Å². The highest BCUT2D eigenvalue weighted by Gasteiger charge is 2.59. The fourth-order valence-corrected chi connectivity index (χ4v) is 8.29. The molecule has 0 spiro atoms. The summed E-state index contributed by atoms with van der Waals surface area (Å²) in [4.78, 5) is 0. The van der Waals surface area contributed by atoms with E-state index in [9.17, 15) is 0 Å². The summed E-state index contributed by atoms with van der Waals surface area (Å²) in [5, 5.41) is 0. The van der Waals surface area contributed by atoms with Gasteiger partial charge in [-0.25, -0.2) is 0 Å². The number of allylic oxidation sites excluding steroid dienone is 3. The highest BCUT2D eigenvalue weighted by molar-refractivity contribution is 5.61. The number of rotatable bonds is 11. The first kappa shape index (κ1) is 38.8. The Morgan fingerprint density at radius 3 is 1.87 bits per heavy atom. The van der Waals surface area contributed by atoms with Crippen molar-refractivity contribution in [3.63, 3.8) is 0 Å². The molecule has 2 aromatic rings. The van der Waals surface area contributed by atoms with E-state index in [0.29, 0.717) is 24.5 Å². The van der Waals surface area contributed by atoms with E-state index in [1.54, 1.807) is 11.6 Å². The molecule has 0 aromatic heterocycles. The largest absolute Gasteiger partial charge is 0.372 e. The molecule has 0 N–H and O–H groups in total. The summed E-state index contributed by atoms with van der Waals surface area (Å²) in [6.07, 6.45) is 14.9. The standard InChI is InChI=1S/C21H28O.C19H26.C3H8.C3H6/c1-14(2)18-7-5-17(6-8-18)13-22-12-15(3)19-9-20-11-21(10-19)16(20)4;1-4-16-7-9-17(10-8-16)6-5-15(3)19-12-14(2)11-18(19)13-19;2*1-3-2/h5-8,16,19-21H,1,3,9-13H2,2,4H3;7-10,14,18H,3-6,11-13H2,1-2H3;3H2,1-2H3;3H,1H2,2H3. The molecular weight excluding hydrogens is 569 g/mol. The van der Waals surface area contributed by atoms with E-state index in [4.69, 9.17) is 4.74 Å². The van der Waals surface area contributed by atoms with Gasteiger partial charge in [-0.3, -0.25) is 0 Å². The third-order valence-electron chi connectivity index (χ3n) is 11.3. The quantitative estimate of drug-likeness (QED) is 0.223. The van der Waals surface area contributed by atoms with Crippen LogP contribution in [0.2, 0.25) is 0 Å². The third-order valence-corrected chi connectivity index (χ3v) is 11.3. The van der Waals surface area contributed by atoms with Gasteiger partial charge in [0.2, 0.25) is 0 Å². The van der Waals surface area contributed by atoms with Crippen LogP contribution in [-0.2, 0) is 24.2 Å². The van der Waals surface area contributed by atoms with Crippen molar-refractivity contribution in [1.82, 2.24) is 0 Å². The van der Waals surface area contributed by atoms with Gasteiger partial charge in [0, 0.05) is 0 Å². The fraction of sp³-hybridized carbons (Fsp3) is 0.565. The van der Waals surface area contributed by atoms with E-state index < -0.39 is 0 Å². The summed E-state index contributed by atoms with van der Waals surface area (Å²) < 4.78 is 5.89. The molecule has 0 radical (unpaired) electrons. The van der Waals surface area contributed by atoms with Gasteiger partial charge in [0.1, 0.15) is 0 Å². The summed E-state index contributed by atoms with van der Waals surface area (Å²) >= 11 is 0. The minimum Gasteiger partial charge on any atom is -0.372 e. The molecule has 2 bridgehead atoms. The maximum Gasteiger partial charge on any atom is 0.0721 e. The van der Waals surface area contributed by atoms with E-state index in [-0.39, 0.29) is 0 Å². The van der Waals surface area contributed by atoms with Crippen molar-refractivity contribution < 1.29 is 4.74 Å². The summed E-state index contributed by atoms with van der Waals surface area (Å²) in [5.74, 6) is 5.48. The average Bonchev–Trinajstić information content (AvgIpc) is 3.65. The lowest BCUT2D eigenvalue weighted by Gasteiger charge is -2.51. The Labute approximate surface area is 290 Å². The van der Waals surface area contributed by atoms with Gasteiger partial charge in [0.05, 0.1) is 13.2 Å². The lowest BCUT2D eigenvalue weighted by atomic mass is 9.54. The highest BCUT2D eigenvalue weighted by Crippen LogP contribution is 2.69. The Bertz CT molecular complexity index is 1270. The Balaban J connectivity index is 0.000000221. The zero-order valence-corrected chi connectivity index (χ0v) is 31.4. The molecule has 0 amide bonds. The van der Waals surface area contributed by atoms with Crippen molar-refractivity contribution in [2.45, 2.75) is 119 Å². The van der Waals surface area contributed by atoms with Crippen molar-refractivity contribution in [2.24, 2.45) is 40.9 Å². The van der Waals surface area contributed by atoms with E-state index in [0.717, 1.165) is 41.6 Å².